The van der Waals surface area contributed by atoms with Gasteiger partial charge in [0.15, 0.2) is 17.7 Å². The fraction of sp³-hybridized carbons (Fsp3) is 0.192. The second kappa shape index (κ2) is 8.52. The average Bonchev–Trinajstić information content (AvgIpc) is 3.42. The zero-order valence-electron chi connectivity index (χ0n) is 18.0. The zero-order chi connectivity index (χ0) is 22.9. The number of hydrogen-bond donors (Lipinski definition) is 2. The third kappa shape index (κ3) is 3.99. The standard InChI is InChI=1S/C26H23NO6/c1-16-12-21-18(13-24(28)29)4-2-6-22(21)27(16)26(30)17-8-10-20(11-9-17)31-14-19-5-3-7-23-25(19)33-15-32-23/h2-12,26,30H,13-15H2,1H3,(H,28,29). The van der Waals surface area contributed by atoms with Crippen molar-refractivity contribution in [2.24, 2.45) is 0 Å². The van der Waals surface area contributed by atoms with E-state index in [0.717, 1.165) is 33.5 Å². The Labute approximate surface area is 190 Å². The summed E-state index contributed by atoms with van der Waals surface area (Å²) in [6.07, 6.45) is -0.982. The van der Waals surface area contributed by atoms with Crippen LogP contribution in [-0.2, 0) is 17.8 Å². The number of nitrogens with zero attached hydrogens (tertiary/aromatic N) is 1. The molecule has 0 amide bonds. The first-order valence-electron chi connectivity index (χ1n) is 10.6. The second-order valence-electron chi connectivity index (χ2n) is 7.96. The van der Waals surface area contributed by atoms with Gasteiger partial charge >= 0.3 is 5.97 Å². The Balaban J connectivity index is 1.35. The fourth-order valence-electron chi connectivity index (χ4n) is 4.24. The van der Waals surface area contributed by atoms with Crippen LogP contribution in [0.3, 0.4) is 0 Å². The number of para-hydroxylation sites is 1. The molecule has 0 fully saturated rings. The summed E-state index contributed by atoms with van der Waals surface area (Å²) in [4.78, 5) is 11.2. The highest BCUT2D eigenvalue weighted by molar-refractivity contribution is 5.88. The summed E-state index contributed by atoms with van der Waals surface area (Å²) < 4.78 is 18.6. The summed E-state index contributed by atoms with van der Waals surface area (Å²) in [6.45, 7) is 2.45. The highest BCUT2D eigenvalue weighted by atomic mass is 16.7. The SMILES string of the molecule is Cc1cc2c(CC(=O)O)cccc2n1C(O)c1ccc(OCc2cccc3c2OCO3)cc1. The number of fused-ring (bicyclic) bond motifs is 2. The zero-order valence-corrected chi connectivity index (χ0v) is 18.0. The number of rotatable bonds is 7. The molecule has 4 aromatic rings. The minimum Gasteiger partial charge on any atom is -0.489 e. The van der Waals surface area contributed by atoms with E-state index in [4.69, 9.17) is 14.2 Å². The molecular formula is C26H23NO6. The minimum atomic E-state index is -0.917. The molecule has 5 rings (SSSR count). The van der Waals surface area contributed by atoms with Crippen molar-refractivity contribution in [1.82, 2.24) is 4.57 Å². The van der Waals surface area contributed by atoms with Gasteiger partial charge in [-0.15, -0.1) is 0 Å². The van der Waals surface area contributed by atoms with Crippen LogP contribution < -0.4 is 14.2 Å². The van der Waals surface area contributed by atoms with Gasteiger partial charge in [0.25, 0.3) is 0 Å². The molecule has 0 saturated carbocycles. The Morgan fingerprint density at radius 1 is 1.06 bits per heavy atom. The lowest BCUT2D eigenvalue weighted by molar-refractivity contribution is -0.136. The number of hydrogen-bond acceptors (Lipinski definition) is 5. The Bertz CT molecular complexity index is 1320. The Morgan fingerprint density at radius 3 is 2.61 bits per heavy atom. The summed E-state index contributed by atoms with van der Waals surface area (Å²) in [6, 6.07) is 20.4. The van der Waals surface area contributed by atoms with E-state index in [1.165, 1.54) is 0 Å². The van der Waals surface area contributed by atoms with Gasteiger partial charge in [0, 0.05) is 22.2 Å². The molecule has 2 N–H and O–H groups in total. The van der Waals surface area contributed by atoms with Crippen molar-refractivity contribution in [2.75, 3.05) is 6.79 Å². The molecule has 168 valence electrons. The molecule has 2 heterocycles. The molecule has 7 heteroatoms. The van der Waals surface area contributed by atoms with Crippen molar-refractivity contribution in [3.63, 3.8) is 0 Å². The molecule has 0 radical (unpaired) electrons. The first kappa shape index (κ1) is 20.9. The molecule has 0 saturated heterocycles. The molecule has 0 spiro atoms. The maximum Gasteiger partial charge on any atom is 0.307 e. The van der Waals surface area contributed by atoms with Crippen LogP contribution in [0.1, 0.15) is 28.6 Å². The molecule has 3 aromatic carbocycles. The van der Waals surface area contributed by atoms with Crippen LogP contribution in [0.25, 0.3) is 10.9 Å². The van der Waals surface area contributed by atoms with Crippen molar-refractivity contribution >= 4 is 16.9 Å². The Morgan fingerprint density at radius 2 is 1.82 bits per heavy atom. The van der Waals surface area contributed by atoms with Gasteiger partial charge in [0.05, 0.1) is 11.9 Å². The third-order valence-corrected chi connectivity index (χ3v) is 5.80. The number of aromatic nitrogens is 1. The Hall–Kier alpha value is -3.97. The number of carbonyl (C=O) groups is 1. The number of aliphatic hydroxyl groups excluding tert-OH is 1. The van der Waals surface area contributed by atoms with E-state index in [1.807, 2.05) is 67.6 Å². The molecule has 1 unspecified atom stereocenters. The van der Waals surface area contributed by atoms with E-state index >= 15 is 0 Å². The molecule has 0 bridgehead atoms. The number of aliphatic hydroxyl groups is 1. The van der Waals surface area contributed by atoms with Gasteiger partial charge in [-0.3, -0.25) is 4.79 Å². The normalized spacial score (nSPS) is 13.3. The van der Waals surface area contributed by atoms with Crippen molar-refractivity contribution in [2.45, 2.75) is 26.2 Å². The van der Waals surface area contributed by atoms with E-state index in [1.54, 1.807) is 10.6 Å². The van der Waals surface area contributed by atoms with Gasteiger partial charge in [-0.25, -0.2) is 0 Å². The highest BCUT2D eigenvalue weighted by Gasteiger charge is 2.19. The minimum absolute atomic E-state index is 0.0648. The number of carboxylic acid groups (broad SMARTS) is 1. The molecule has 33 heavy (non-hydrogen) atoms. The van der Waals surface area contributed by atoms with Crippen LogP contribution in [0, 0.1) is 6.92 Å². The van der Waals surface area contributed by atoms with E-state index < -0.39 is 12.2 Å². The van der Waals surface area contributed by atoms with Crippen LogP contribution in [-0.4, -0.2) is 27.5 Å². The predicted octanol–water partition coefficient (Wildman–Crippen LogP) is 4.42. The van der Waals surface area contributed by atoms with Crippen molar-refractivity contribution in [3.05, 3.63) is 89.1 Å². The summed E-state index contributed by atoms with van der Waals surface area (Å²) in [5.74, 6) is 1.21. The van der Waals surface area contributed by atoms with E-state index in [0.29, 0.717) is 23.7 Å². The van der Waals surface area contributed by atoms with Crippen LogP contribution in [0.2, 0.25) is 0 Å². The maximum atomic E-state index is 11.2. The predicted molar refractivity (Wildman–Crippen MR) is 122 cm³/mol. The Kier molecular flexibility index (Phi) is 5.40. The van der Waals surface area contributed by atoms with Crippen LogP contribution in [0.15, 0.2) is 66.7 Å². The average molecular weight is 445 g/mol. The molecule has 0 aliphatic carbocycles. The molecule has 1 atom stereocenters. The summed E-state index contributed by atoms with van der Waals surface area (Å²) >= 11 is 0. The van der Waals surface area contributed by atoms with E-state index in [-0.39, 0.29) is 13.2 Å². The quantitative estimate of drug-likeness (QED) is 0.438. The lowest BCUT2D eigenvalue weighted by Gasteiger charge is -2.18. The summed E-state index contributed by atoms with van der Waals surface area (Å²) in [7, 11) is 0. The number of carboxylic acids is 1. The fourth-order valence-corrected chi connectivity index (χ4v) is 4.24. The molecule has 1 aliphatic heterocycles. The highest BCUT2D eigenvalue weighted by Crippen LogP contribution is 2.36. The number of aryl methyl sites for hydroxylation is 1. The molecule has 1 aromatic heterocycles. The first-order chi connectivity index (χ1) is 16.0. The first-order valence-corrected chi connectivity index (χ1v) is 10.6. The van der Waals surface area contributed by atoms with Crippen LogP contribution >= 0.6 is 0 Å². The number of benzene rings is 3. The smallest absolute Gasteiger partial charge is 0.307 e. The van der Waals surface area contributed by atoms with Crippen molar-refractivity contribution < 1.29 is 29.2 Å². The number of ether oxygens (including phenoxy) is 3. The van der Waals surface area contributed by atoms with Crippen molar-refractivity contribution in [1.29, 1.82) is 0 Å². The van der Waals surface area contributed by atoms with Gasteiger partial charge in [-0.1, -0.05) is 36.4 Å². The lowest BCUT2D eigenvalue weighted by Crippen LogP contribution is -2.11. The molecular weight excluding hydrogens is 422 g/mol. The largest absolute Gasteiger partial charge is 0.489 e. The van der Waals surface area contributed by atoms with Gasteiger partial charge in [-0.2, -0.15) is 0 Å². The van der Waals surface area contributed by atoms with Gasteiger partial charge in [0.1, 0.15) is 12.4 Å². The monoisotopic (exact) mass is 445 g/mol. The molecule has 7 nitrogen and oxygen atoms in total. The van der Waals surface area contributed by atoms with E-state index in [2.05, 4.69) is 0 Å². The maximum absolute atomic E-state index is 11.2. The summed E-state index contributed by atoms with van der Waals surface area (Å²) in [5, 5.41) is 21.1. The third-order valence-electron chi connectivity index (χ3n) is 5.80. The van der Waals surface area contributed by atoms with Gasteiger partial charge < -0.3 is 29.0 Å². The topological polar surface area (TPSA) is 90.2 Å². The molecule has 1 aliphatic rings. The number of aliphatic carboxylic acids is 1. The van der Waals surface area contributed by atoms with Crippen molar-refractivity contribution in [3.8, 4) is 17.2 Å². The lowest BCUT2D eigenvalue weighted by atomic mass is 10.1. The van der Waals surface area contributed by atoms with Crippen LogP contribution in [0.5, 0.6) is 17.2 Å². The van der Waals surface area contributed by atoms with Gasteiger partial charge in [0.2, 0.25) is 6.79 Å². The van der Waals surface area contributed by atoms with Crippen LogP contribution in [0.4, 0.5) is 0 Å². The van der Waals surface area contributed by atoms with Gasteiger partial charge in [-0.05, 0) is 42.8 Å². The van der Waals surface area contributed by atoms with E-state index in [9.17, 15) is 15.0 Å². The summed E-state index contributed by atoms with van der Waals surface area (Å²) in [5.41, 5.74) is 3.96. The second-order valence-corrected chi connectivity index (χ2v) is 7.96.